The van der Waals surface area contributed by atoms with Gasteiger partial charge < -0.3 is 14.7 Å². The number of nitrogens with zero attached hydrogens (tertiary/aromatic N) is 2. The number of halogens is 1. The summed E-state index contributed by atoms with van der Waals surface area (Å²) < 4.78 is 19.5. The number of carbonyl (C=O) groups is 1. The molecule has 1 N–H and O–H groups in total. The molecule has 0 atom stereocenters. The van der Waals surface area contributed by atoms with E-state index in [2.05, 4.69) is 4.98 Å². The molecule has 1 amide bonds. The zero-order valence-corrected chi connectivity index (χ0v) is 13.4. The average Bonchev–Trinajstić information content (AvgIpc) is 2.61. The van der Waals surface area contributed by atoms with Gasteiger partial charge in [0, 0.05) is 37.9 Å². The molecule has 0 unspecified atom stereocenters. The number of rotatable bonds is 5. The fourth-order valence-electron chi connectivity index (χ4n) is 3.03. The van der Waals surface area contributed by atoms with E-state index >= 15 is 0 Å². The second-order valence-electron chi connectivity index (χ2n) is 5.97. The summed E-state index contributed by atoms with van der Waals surface area (Å²) in [7, 11) is 0. The van der Waals surface area contributed by atoms with Gasteiger partial charge in [-0.2, -0.15) is 0 Å². The number of amides is 1. The van der Waals surface area contributed by atoms with E-state index in [9.17, 15) is 9.18 Å². The first-order valence-corrected chi connectivity index (χ1v) is 8.25. The van der Waals surface area contributed by atoms with Gasteiger partial charge >= 0.3 is 0 Å². The number of ether oxygens (including phenoxy) is 1. The van der Waals surface area contributed by atoms with Crippen LogP contribution in [0.1, 0.15) is 29.6 Å². The fraction of sp³-hybridized carbons (Fsp3) is 0.444. The van der Waals surface area contributed by atoms with Crippen LogP contribution in [0, 0.1) is 5.82 Å². The lowest BCUT2D eigenvalue weighted by molar-refractivity contribution is 0.00401. The highest BCUT2D eigenvalue weighted by Gasteiger charge is 2.25. The van der Waals surface area contributed by atoms with Gasteiger partial charge in [0.05, 0.1) is 17.2 Å². The minimum atomic E-state index is -0.430. The van der Waals surface area contributed by atoms with E-state index in [-0.39, 0.29) is 18.6 Å². The van der Waals surface area contributed by atoms with Crippen molar-refractivity contribution in [1.82, 2.24) is 9.88 Å². The van der Waals surface area contributed by atoms with Crippen LogP contribution in [0.5, 0.6) is 0 Å². The number of aromatic nitrogens is 1. The molecule has 5 nitrogen and oxygen atoms in total. The molecule has 0 spiro atoms. The maximum atomic E-state index is 13.8. The number of aliphatic hydroxyl groups excluding tert-OH is 1. The Bertz CT molecular complexity index is 714. The Morgan fingerprint density at radius 2 is 2.17 bits per heavy atom. The summed E-state index contributed by atoms with van der Waals surface area (Å²) in [5.74, 6) is -0.618. The van der Waals surface area contributed by atoms with Crippen molar-refractivity contribution in [2.24, 2.45) is 0 Å². The lowest BCUT2D eigenvalue weighted by Crippen LogP contribution is -2.41. The number of hydrogen-bond donors (Lipinski definition) is 1. The van der Waals surface area contributed by atoms with E-state index in [1.54, 1.807) is 23.2 Å². The Hall–Kier alpha value is -2.05. The summed E-state index contributed by atoms with van der Waals surface area (Å²) in [6.45, 7) is 1.81. The second kappa shape index (κ2) is 7.68. The molecule has 1 aliphatic heterocycles. The molecule has 2 heterocycles. The molecule has 0 radical (unpaired) electrons. The van der Waals surface area contributed by atoms with Crippen molar-refractivity contribution < 1.29 is 19.0 Å². The Labute approximate surface area is 140 Å². The highest BCUT2D eigenvalue weighted by molar-refractivity contribution is 6.05. The molecule has 0 aliphatic carbocycles. The maximum absolute atomic E-state index is 13.8. The first-order chi connectivity index (χ1) is 11.7. The molecule has 128 valence electrons. The first kappa shape index (κ1) is 16.8. The van der Waals surface area contributed by atoms with Crippen LogP contribution in [0.25, 0.3) is 10.9 Å². The van der Waals surface area contributed by atoms with Crippen LogP contribution in [0.3, 0.4) is 0 Å². The zero-order valence-electron chi connectivity index (χ0n) is 13.4. The van der Waals surface area contributed by atoms with Crippen molar-refractivity contribution in [1.29, 1.82) is 0 Å². The summed E-state index contributed by atoms with van der Waals surface area (Å²) in [6, 6.07) is 6.14. The monoisotopic (exact) mass is 332 g/mol. The van der Waals surface area contributed by atoms with Gasteiger partial charge in [0.15, 0.2) is 0 Å². The third kappa shape index (κ3) is 3.71. The van der Waals surface area contributed by atoms with Gasteiger partial charge in [-0.15, -0.1) is 0 Å². The van der Waals surface area contributed by atoms with Crippen molar-refractivity contribution in [3.8, 4) is 0 Å². The number of carbonyl (C=O) groups excluding carboxylic acids is 1. The number of piperidine rings is 1. The Balaban J connectivity index is 1.70. The third-order valence-electron chi connectivity index (χ3n) is 4.29. The Morgan fingerprint density at radius 3 is 2.92 bits per heavy atom. The molecule has 2 aromatic rings. The van der Waals surface area contributed by atoms with Crippen LogP contribution >= 0.6 is 0 Å². The van der Waals surface area contributed by atoms with Gasteiger partial charge in [0.2, 0.25) is 0 Å². The van der Waals surface area contributed by atoms with Crippen LogP contribution in [-0.4, -0.2) is 53.3 Å². The fourth-order valence-corrected chi connectivity index (χ4v) is 3.03. The number of fused-ring (bicyclic) bond motifs is 1. The summed E-state index contributed by atoms with van der Waals surface area (Å²) in [4.78, 5) is 18.7. The van der Waals surface area contributed by atoms with Crippen LogP contribution in [-0.2, 0) is 4.74 Å². The minimum absolute atomic E-state index is 0.114. The van der Waals surface area contributed by atoms with E-state index < -0.39 is 5.82 Å². The molecule has 1 saturated heterocycles. The van der Waals surface area contributed by atoms with Crippen molar-refractivity contribution in [3.05, 3.63) is 41.8 Å². The highest BCUT2D eigenvalue weighted by Crippen LogP contribution is 2.22. The summed E-state index contributed by atoms with van der Waals surface area (Å²) >= 11 is 0. The molecule has 0 saturated carbocycles. The Kier molecular flexibility index (Phi) is 5.37. The SMILES string of the molecule is O=C(c1cc(F)cc2cccnc12)N1CCC(OCCCO)CC1. The minimum Gasteiger partial charge on any atom is -0.396 e. The number of aliphatic hydroxyl groups is 1. The molecule has 0 bridgehead atoms. The maximum Gasteiger partial charge on any atom is 0.256 e. The highest BCUT2D eigenvalue weighted by atomic mass is 19.1. The second-order valence-corrected chi connectivity index (χ2v) is 5.97. The molecule has 1 fully saturated rings. The molecule has 1 aliphatic rings. The Morgan fingerprint density at radius 1 is 1.38 bits per heavy atom. The van der Waals surface area contributed by atoms with E-state index in [0.717, 1.165) is 12.8 Å². The normalized spacial score (nSPS) is 15.8. The lowest BCUT2D eigenvalue weighted by Gasteiger charge is -2.32. The van der Waals surface area contributed by atoms with Gasteiger partial charge in [-0.1, -0.05) is 6.07 Å². The first-order valence-electron chi connectivity index (χ1n) is 8.25. The predicted molar refractivity (Wildman–Crippen MR) is 88.3 cm³/mol. The van der Waals surface area contributed by atoms with E-state index in [1.165, 1.54) is 12.1 Å². The summed E-state index contributed by atoms with van der Waals surface area (Å²) in [5.41, 5.74) is 0.843. The average molecular weight is 332 g/mol. The van der Waals surface area contributed by atoms with Gasteiger partial charge in [-0.25, -0.2) is 4.39 Å². The third-order valence-corrected chi connectivity index (χ3v) is 4.29. The predicted octanol–water partition coefficient (Wildman–Crippen LogP) is 2.38. The van der Waals surface area contributed by atoms with Crippen LogP contribution in [0.4, 0.5) is 4.39 Å². The molecule has 24 heavy (non-hydrogen) atoms. The quantitative estimate of drug-likeness (QED) is 0.854. The van der Waals surface area contributed by atoms with Crippen LogP contribution < -0.4 is 0 Å². The van der Waals surface area contributed by atoms with Gasteiger partial charge in [0.25, 0.3) is 5.91 Å². The summed E-state index contributed by atoms with van der Waals surface area (Å²) in [5, 5.41) is 9.40. The van der Waals surface area contributed by atoms with Crippen molar-refractivity contribution >= 4 is 16.8 Å². The summed E-state index contributed by atoms with van der Waals surface area (Å²) in [6.07, 6.45) is 3.84. The van der Waals surface area contributed by atoms with E-state index in [1.807, 2.05) is 0 Å². The van der Waals surface area contributed by atoms with E-state index in [0.29, 0.717) is 42.6 Å². The van der Waals surface area contributed by atoms with Crippen molar-refractivity contribution in [2.75, 3.05) is 26.3 Å². The topological polar surface area (TPSA) is 62.7 Å². The molecular weight excluding hydrogens is 311 g/mol. The largest absolute Gasteiger partial charge is 0.396 e. The smallest absolute Gasteiger partial charge is 0.256 e. The number of benzene rings is 1. The molecule has 1 aromatic carbocycles. The van der Waals surface area contributed by atoms with Crippen molar-refractivity contribution in [2.45, 2.75) is 25.4 Å². The van der Waals surface area contributed by atoms with Gasteiger partial charge in [0.1, 0.15) is 5.82 Å². The number of hydrogen-bond acceptors (Lipinski definition) is 4. The number of pyridine rings is 1. The molecule has 6 heteroatoms. The molecule has 3 rings (SSSR count). The molecule has 1 aromatic heterocycles. The lowest BCUT2D eigenvalue weighted by atomic mass is 10.0. The zero-order chi connectivity index (χ0) is 16.9. The van der Waals surface area contributed by atoms with Crippen LogP contribution in [0.15, 0.2) is 30.5 Å². The van der Waals surface area contributed by atoms with Crippen molar-refractivity contribution in [3.63, 3.8) is 0 Å². The van der Waals surface area contributed by atoms with Gasteiger partial charge in [-0.05, 0) is 37.5 Å². The standard InChI is InChI=1S/C18H21FN2O3/c19-14-11-13-3-1-6-20-17(13)16(12-14)18(23)21-7-4-15(5-8-21)24-10-2-9-22/h1,3,6,11-12,15,22H,2,4-5,7-10H2. The van der Waals surface area contributed by atoms with E-state index in [4.69, 9.17) is 9.84 Å². The molecular formula is C18H21FN2O3. The van der Waals surface area contributed by atoms with Gasteiger partial charge in [-0.3, -0.25) is 9.78 Å². The number of likely N-dealkylation sites (tertiary alicyclic amines) is 1. The van der Waals surface area contributed by atoms with Crippen LogP contribution in [0.2, 0.25) is 0 Å².